The number of aromatic nitrogens is 1. The predicted molar refractivity (Wildman–Crippen MR) is 75.8 cm³/mol. The number of anilines is 1. The number of fused-ring (bicyclic) bond motifs is 1. The van der Waals surface area contributed by atoms with E-state index in [1.807, 2.05) is 19.1 Å². The fraction of sp³-hybridized carbons (Fsp3) is 0.267. The first-order valence-electron chi connectivity index (χ1n) is 6.03. The Morgan fingerprint density at radius 1 is 1.28 bits per heavy atom. The summed E-state index contributed by atoms with van der Waals surface area (Å²) in [4.78, 5) is 14.4. The number of benzene rings is 1. The number of aryl methyl sites for hydroxylation is 2. The average molecular weight is 242 g/mol. The molecule has 2 aromatic rings. The van der Waals surface area contributed by atoms with Gasteiger partial charge in [0.15, 0.2) is 5.78 Å². The molecule has 0 atom stereocenters. The van der Waals surface area contributed by atoms with Crippen molar-refractivity contribution < 1.29 is 4.79 Å². The Hall–Kier alpha value is -2.03. The van der Waals surface area contributed by atoms with Gasteiger partial charge in [-0.25, -0.2) is 0 Å². The van der Waals surface area contributed by atoms with E-state index in [4.69, 9.17) is 0 Å². The van der Waals surface area contributed by atoms with Gasteiger partial charge in [0, 0.05) is 28.0 Å². The molecule has 0 bridgehead atoms. The third-order valence-electron chi connectivity index (χ3n) is 3.08. The van der Waals surface area contributed by atoms with Crippen molar-refractivity contribution >= 4 is 22.4 Å². The van der Waals surface area contributed by atoms with Crippen LogP contribution in [-0.4, -0.2) is 10.8 Å². The zero-order chi connectivity index (χ0) is 13.3. The van der Waals surface area contributed by atoms with Crippen molar-refractivity contribution in [3.8, 4) is 0 Å². The molecule has 0 fully saturated rings. The number of H-pyrrole nitrogens is 1. The molecular weight excluding hydrogens is 224 g/mol. The van der Waals surface area contributed by atoms with Crippen molar-refractivity contribution in [2.45, 2.75) is 27.7 Å². The van der Waals surface area contributed by atoms with E-state index in [2.05, 4.69) is 30.2 Å². The fourth-order valence-electron chi connectivity index (χ4n) is 2.20. The van der Waals surface area contributed by atoms with Crippen LogP contribution in [0.15, 0.2) is 30.0 Å². The highest BCUT2D eigenvalue weighted by molar-refractivity contribution is 5.97. The number of nitrogens with one attached hydrogen (secondary N) is 2. The van der Waals surface area contributed by atoms with Crippen molar-refractivity contribution in [2.75, 3.05) is 5.32 Å². The van der Waals surface area contributed by atoms with Crippen LogP contribution in [0.1, 0.15) is 25.1 Å². The topological polar surface area (TPSA) is 44.9 Å². The molecule has 0 radical (unpaired) electrons. The second-order valence-electron chi connectivity index (χ2n) is 4.67. The number of allylic oxidation sites excluding steroid dienone is 2. The van der Waals surface area contributed by atoms with Gasteiger partial charge in [0.2, 0.25) is 0 Å². The predicted octanol–water partition coefficient (Wildman–Crippen LogP) is 3.69. The Bertz CT molecular complexity index is 635. The van der Waals surface area contributed by atoms with Crippen LogP contribution in [0.25, 0.3) is 10.9 Å². The summed E-state index contributed by atoms with van der Waals surface area (Å²) in [5, 5.41) is 4.48. The summed E-state index contributed by atoms with van der Waals surface area (Å²) in [6, 6.07) is 6.09. The lowest BCUT2D eigenvalue weighted by Gasteiger charge is -2.08. The molecule has 2 rings (SSSR count). The molecule has 0 amide bonds. The highest BCUT2D eigenvalue weighted by Crippen LogP contribution is 2.29. The van der Waals surface area contributed by atoms with Crippen LogP contribution in [0.4, 0.5) is 5.69 Å². The molecule has 0 aliphatic carbocycles. The van der Waals surface area contributed by atoms with Gasteiger partial charge in [-0.2, -0.15) is 0 Å². The standard InChI is InChI=1S/C15H18N2O/c1-9(8-10(2)18)16-13-6-5-7-14-15(13)11(3)12(4)17-14/h5-8,16-17H,1-4H3/b9-8-. The number of hydrogen-bond donors (Lipinski definition) is 2. The monoisotopic (exact) mass is 242 g/mol. The number of rotatable bonds is 3. The molecule has 3 heteroatoms. The maximum absolute atomic E-state index is 11.1. The van der Waals surface area contributed by atoms with Gasteiger partial charge in [-0.1, -0.05) is 6.07 Å². The second-order valence-corrected chi connectivity index (χ2v) is 4.67. The van der Waals surface area contributed by atoms with Crippen LogP contribution in [0.3, 0.4) is 0 Å². The van der Waals surface area contributed by atoms with Crippen molar-refractivity contribution in [3.05, 3.63) is 41.2 Å². The SMILES string of the molecule is CC(=O)/C=C(/C)Nc1cccc2[nH]c(C)c(C)c12. The lowest BCUT2D eigenvalue weighted by Crippen LogP contribution is -1.98. The molecule has 0 saturated carbocycles. The summed E-state index contributed by atoms with van der Waals surface area (Å²) in [6.07, 6.45) is 1.60. The van der Waals surface area contributed by atoms with Gasteiger partial charge in [0.1, 0.15) is 0 Å². The third-order valence-corrected chi connectivity index (χ3v) is 3.08. The van der Waals surface area contributed by atoms with Gasteiger partial charge in [0.05, 0.1) is 0 Å². The molecule has 1 heterocycles. The first kappa shape index (κ1) is 12.4. The van der Waals surface area contributed by atoms with E-state index < -0.39 is 0 Å². The highest BCUT2D eigenvalue weighted by Gasteiger charge is 2.08. The van der Waals surface area contributed by atoms with Crippen molar-refractivity contribution in [1.29, 1.82) is 0 Å². The van der Waals surface area contributed by atoms with Gasteiger partial charge in [-0.05, 0) is 51.5 Å². The van der Waals surface area contributed by atoms with Gasteiger partial charge in [-0.15, -0.1) is 0 Å². The van der Waals surface area contributed by atoms with E-state index in [-0.39, 0.29) is 5.78 Å². The maximum Gasteiger partial charge on any atom is 0.154 e. The summed E-state index contributed by atoms with van der Waals surface area (Å²) in [5.74, 6) is 0.0501. The highest BCUT2D eigenvalue weighted by atomic mass is 16.1. The van der Waals surface area contributed by atoms with Gasteiger partial charge >= 0.3 is 0 Å². The summed E-state index contributed by atoms with van der Waals surface area (Å²) >= 11 is 0. The molecular formula is C15H18N2O. The van der Waals surface area contributed by atoms with Gasteiger partial charge in [0.25, 0.3) is 0 Å². The van der Waals surface area contributed by atoms with Crippen LogP contribution >= 0.6 is 0 Å². The minimum atomic E-state index is 0.0501. The summed E-state index contributed by atoms with van der Waals surface area (Å²) in [7, 11) is 0. The smallest absolute Gasteiger partial charge is 0.154 e. The van der Waals surface area contributed by atoms with Gasteiger partial charge in [-0.3, -0.25) is 4.79 Å². The van der Waals surface area contributed by atoms with Crippen molar-refractivity contribution in [3.63, 3.8) is 0 Å². The van der Waals surface area contributed by atoms with Crippen LogP contribution in [-0.2, 0) is 4.79 Å². The summed E-state index contributed by atoms with van der Waals surface area (Å²) in [6.45, 7) is 7.62. The Labute approximate surface area is 107 Å². The molecule has 0 spiro atoms. The lowest BCUT2D eigenvalue weighted by molar-refractivity contribution is -0.112. The first-order valence-corrected chi connectivity index (χ1v) is 6.03. The minimum Gasteiger partial charge on any atom is -0.358 e. The van der Waals surface area contributed by atoms with Crippen LogP contribution < -0.4 is 5.32 Å². The van der Waals surface area contributed by atoms with Crippen molar-refractivity contribution in [1.82, 2.24) is 4.98 Å². The molecule has 94 valence electrons. The number of carbonyl (C=O) groups is 1. The Morgan fingerprint density at radius 3 is 2.67 bits per heavy atom. The second kappa shape index (κ2) is 4.69. The number of hydrogen-bond acceptors (Lipinski definition) is 2. The zero-order valence-electron chi connectivity index (χ0n) is 11.2. The van der Waals surface area contributed by atoms with Crippen LogP contribution in [0.5, 0.6) is 0 Å². The third kappa shape index (κ3) is 2.30. The molecule has 0 aliphatic rings. The Kier molecular flexibility index (Phi) is 3.24. The van der Waals surface area contributed by atoms with Crippen LogP contribution in [0, 0.1) is 13.8 Å². The Morgan fingerprint density at radius 2 is 2.00 bits per heavy atom. The number of ketones is 1. The van der Waals surface area contributed by atoms with E-state index in [9.17, 15) is 4.79 Å². The molecule has 2 N–H and O–H groups in total. The molecule has 3 nitrogen and oxygen atoms in total. The van der Waals surface area contributed by atoms with E-state index >= 15 is 0 Å². The lowest BCUT2D eigenvalue weighted by atomic mass is 10.1. The molecule has 18 heavy (non-hydrogen) atoms. The quantitative estimate of drug-likeness (QED) is 0.806. The molecule has 0 saturated heterocycles. The maximum atomic E-state index is 11.1. The van der Waals surface area contributed by atoms with E-state index in [1.54, 1.807) is 13.0 Å². The molecule has 0 unspecified atom stereocenters. The number of aromatic amines is 1. The van der Waals surface area contributed by atoms with E-state index in [0.29, 0.717) is 0 Å². The van der Waals surface area contributed by atoms with Crippen LogP contribution in [0.2, 0.25) is 0 Å². The molecule has 1 aromatic heterocycles. The fourth-order valence-corrected chi connectivity index (χ4v) is 2.20. The molecule has 1 aromatic carbocycles. The van der Waals surface area contributed by atoms with Gasteiger partial charge < -0.3 is 10.3 Å². The van der Waals surface area contributed by atoms with E-state index in [0.717, 1.165) is 16.9 Å². The van der Waals surface area contributed by atoms with Crippen molar-refractivity contribution in [2.24, 2.45) is 0 Å². The largest absolute Gasteiger partial charge is 0.358 e. The normalized spacial score (nSPS) is 11.9. The number of carbonyl (C=O) groups excluding carboxylic acids is 1. The summed E-state index contributed by atoms with van der Waals surface area (Å²) < 4.78 is 0. The first-order chi connectivity index (χ1) is 8.49. The molecule has 0 aliphatic heterocycles. The zero-order valence-corrected chi connectivity index (χ0v) is 11.2. The van der Waals surface area contributed by atoms with E-state index in [1.165, 1.54) is 16.6 Å². The Balaban J connectivity index is 2.48. The summed E-state index contributed by atoms with van der Waals surface area (Å²) in [5.41, 5.74) is 5.42. The minimum absolute atomic E-state index is 0.0501. The average Bonchev–Trinajstić information content (AvgIpc) is 2.54.